The summed E-state index contributed by atoms with van der Waals surface area (Å²) in [4.78, 5) is 23.0. The van der Waals surface area contributed by atoms with Crippen molar-refractivity contribution in [3.05, 3.63) is 23.8 Å². The summed E-state index contributed by atoms with van der Waals surface area (Å²) in [5.41, 5.74) is 4.64. The largest absolute Gasteiger partial charge is 0.416 e. The summed E-state index contributed by atoms with van der Waals surface area (Å²) >= 11 is 0. The van der Waals surface area contributed by atoms with E-state index >= 15 is 0 Å². The van der Waals surface area contributed by atoms with E-state index in [2.05, 4.69) is 10.6 Å². The molecular weight excluding hydrogens is 335 g/mol. The molecule has 4 N–H and O–H groups in total. The molecule has 0 aliphatic heterocycles. The highest BCUT2D eigenvalue weighted by Gasteiger charge is 2.31. The zero-order chi connectivity index (χ0) is 16.9. The van der Waals surface area contributed by atoms with E-state index < -0.39 is 29.6 Å². The molecule has 1 unspecified atom stereocenters. The molecule has 0 bridgehead atoms. The van der Waals surface area contributed by atoms with E-state index in [-0.39, 0.29) is 23.8 Å². The molecule has 5 nitrogen and oxygen atoms in total. The fourth-order valence-corrected chi connectivity index (χ4v) is 1.79. The first-order valence-corrected chi connectivity index (χ1v) is 6.70. The molecule has 9 heteroatoms. The third-order valence-electron chi connectivity index (χ3n) is 2.85. The van der Waals surface area contributed by atoms with Crippen molar-refractivity contribution in [2.24, 2.45) is 5.73 Å². The Morgan fingerprint density at radius 1 is 1.22 bits per heavy atom. The zero-order valence-electron chi connectivity index (χ0n) is 12.7. The maximum absolute atomic E-state index is 12.8. The summed E-state index contributed by atoms with van der Waals surface area (Å²) in [6.45, 7) is 3.05. The fourth-order valence-electron chi connectivity index (χ4n) is 1.79. The van der Waals surface area contributed by atoms with Crippen LogP contribution in [0.15, 0.2) is 18.2 Å². The lowest BCUT2D eigenvalue weighted by molar-refractivity contribution is -0.137. The van der Waals surface area contributed by atoms with Gasteiger partial charge in [0.1, 0.15) is 0 Å². The molecule has 0 aromatic heterocycles. The number of carbonyl (C=O) groups excluding carboxylic acids is 2. The summed E-state index contributed by atoms with van der Waals surface area (Å²) < 4.78 is 38.3. The van der Waals surface area contributed by atoms with Gasteiger partial charge in [-0.05, 0) is 24.6 Å². The molecule has 0 spiro atoms. The minimum Gasteiger partial charge on any atom is -0.325 e. The van der Waals surface area contributed by atoms with Gasteiger partial charge in [-0.2, -0.15) is 13.2 Å². The molecule has 0 aliphatic rings. The SMILES string of the molecule is CCCC(N)C(=O)Nc1cc(C(F)(F)F)ccc1NC(C)=O.Cl. The van der Waals surface area contributed by atoms with E-state index in [4.69, 9.17) is 5.73 Å². The van der Waals surface area contributed by atoms with Gasteiger partial charge in [-0.3, -0.25) is 9.59 Å². The second-order valence-corrected chi connectivity index (χ2v) is 4.82. The maximum Gasteiger partial charge on any atom is 0.416 e. The number of hydrogen-bond donors (Lipinski definition) is 3. The number of nitrogens with two attached hydrogens (primary N) is 1. The molecule has 2 amide bonds. The standard InChI is InChI=1S/C14H18F3N3O2.ClH/c1-3-4-10(18)13(22)20-12-7-9(14(15,16)17)5-6-11(12)19-8(2)21;/h5-7,10H,3-4,18H2,1-2H3,(H,19,21)(H,20,22);1H. The molecule has 0 saturated heterocycles. The minimum absolute atomic E-state index is 0. The second kappa shape index (κ2) is 8.73. The van der Waals surface area contributed by atoms with Gasteiger partial charge in [0.25, 0.3) is 0 Å². The van der Waals surface area contributed by atoms with Gasteiger partial charge in [-0.15, -0.1) is 12.4 Å². The molecular formula is C14H19ClF3N3O2. The molecule has 1 aromatic rings. The van der Waals surface area contributed by atoms with Crippen molar-refractivity contribution in [1.82, 2.24) is 0 Å². The summed E-state index contributed by atoms with van der Waals surface area (Å²) in [6, 6.07) is 1.85. The third-order valence-corrected chi connectivity index (χ3v) is 2.85. The first kappa shape index (κ1) is 21.2. The Morgan fingerprint density at radius 3 is 2.30 bits per heavy atom. The van der Waals surface area contributed by atoms with Crippen molar-refractivity contribution >= 4 is 35.6 Å². The average molecular weight is 354 g/mol. The van der Waals surface area contributed by atoms with Crippen molar-refractivity contribution in [2.75, 3.05) is 10.6 Å². The Morgan fingerprint density at radius 2 is 1.83 bits per heavy atom. The van der Waals surface area contributed by atoms with Crippen LogP contribution in [0, 0.1) is 0 Å². The third kappa shape index (κ3) is 6.45. The molecule has 1 atom stereocenters. The lowest BCUT2D eigenvalue weighted by Crippen LogP contribution is -2.35. The van der Waals surface area contributed by atoms with Crippen LogP contribution in [0.25, 0.3) is 0 Å². The number of rotatable bonds is 5. The fraction of sp³-hybridized carbons (Fsp3) is 0.429. The van der Waals surface area contributed by atoms with E-state index in [0.29, 0.717) is 12.8 Å². The van der Waals surface area contributed by atoms with Crippen LogP contribution >= 0.6 is 12.4 Å². The molecule has 1 aromatic carbocycles. The van der Waals surface area contributed by atoms with Crippen LogP contribution in [0.5, 0.6) is 0 Å². The molecule has 1 rings (SSSR count). The van der Waals surface area contributed by atoms with Gasteiger partial charge in [0, 0.05) is 6.92 Å². The van der Waals surface area contributed by atoms with Crippen molar-refractivity contribution in [1.29, 1.82) is 0 Å². The highest BCUT2D eigenvalue weighted by Crippen LogP contribution is 2.34. The Hall–Kier alpha value is -1.80. The molecule has 0 saturated carbocycles. The summed E-state index contributed by atoms with van der Waals surface area (Å²) in [5, 5.41) is 4.70. The minimum atomic E-state index is -4.56. The van der Waals surface area contributed by atoms with Crippen LogP contribution < -0.4 is 16.4 Å². The molecule has 0 aliphatic carbocycles. The number of nitrogens with one attached hydrogen (secondary N) is 2. The predicted octanol–water partition coefficient (Wildman–Crippen LogP) is 3.15. The van der Waals surface area contributed by atoms with Crippen molar-refractivity contribution < 1.29 is 22.8 Å². The maximum atomic E-state index is 12.8. The highest BCUT2D eigenvalue weighted by molar-refractivity contribution is 6.00. The first-order valence-electron chi connectivity index (χ1n) is 6.70. The Labute approximate surface area is 138 Å². The van der Waals surface area contributed by atoms with E-state index in [1.807, 2.05) is 6.92 Å². The number of carbonyl (C=O) groups is 2. The summed E-state index contributed by atoms with van der Waals surface area (Å²) in [5.74, 6) is -1.07. The van der Waals surface area contributed by atoms with Crippen LogP contribution in [0.4, 0.5) is 24.5 Å². The van der Waals surface area contributed by atoms with E-state index in [1.165, 1.54) is 6.92 Å². The van der Waals surface area contributed by atoms with E-state index in [0.717, 1.165) is 18.2 Å². The van der Waals surface area contributed by atoms with Crippen molar-refractivity contribution in [3.63, 3.8) is 0 Å². The number of benzene rings is 1. The summed E-state index contributed by atoms with van der Waals surface area (Å²) in [7, 11) is 0. The van der Waals surface area contributed by atoms with Crippen LogP contribution in [0.2, 0.25) is 0 Å². The van der Waals surface area contributed by atoms with Gasteiger partial charge in [-0.1, -0.05) is 13.3 Å². The van der Waals surface area contributed by atoms with Crippen LogP contribution in [0.1, 0.15) is 32.3 Å². The second-order valence-electron chi connectivity index (χ2n) is 4.82. The van der Waals surface area contributed by atoms with Gasteiger partial charge in [0.15, 0.2) is 0 Å². The van der Waals surface area contributed by atoms with Crippen LogP contribution in [0.3, 0.4) is 0 Å². The Bertz CT molecular complexity index is 565. The molecule has 0 radical (unpaired) electrons. The number of alkyl halides is 3. The van der Waals surface area contributed by atoms with Gasteiger partial charge < -0.3 is 16.4 Å². The van der Waals surface area contributed by atoms with Gasteiger partial charge >= 0.3 is 6.18 Å². The first-order chi connectivity index (χ1) is 10.1. The lowest BCUT2D eigenvalue weighted by atomic mass is 10.1. The van der Waals surface area contributed by atoms with Gasteiger partial charge in [0.2, 0.25) is 11.8 Å². The molecule has 0 heterocycles. The van der Waals surface area contributed by atoms with Crippen molar-refractivity contribution in [3.8, 4) is 0 Å². The lowest BCUT2D eigenvalue weighted by Gasteiger charge is -2.16. The molecule has 23 heavy (non-hydrogen) atoms. The number of halogens is 4. The van der Waals surface area contributed by atoms with Gasteiger partial charge in [-0.25, -0.2) is 0 Å². The molecule has 130 valence electrons. The Kier molecular flexibility index (Phi) is 8.05. The number of anilines is 2. The summed E-state index contributed by atoms with van der Waals surface area (Å²) in [6.07, 6.45) is -3.49. The van der Waals surface area contributed by atoms with E-state index in [1.54, 1.807) is 0 Å². The smallest absolute Gasteiger partial charge is 0.325 e. The molecule has 0 fully saturated rings. The number of hydrogen-bond acceptors (Lipinski definition) is 3. The van der Waals surface area contributed by atoms with Crippen molar-refractivity contribution in [2.45, 2.75) is 38.9 Å². The Balaban J connectivity index is 0.00000484. The highest BCUT2D eigenvalue weighted by atomic mass is 35.5. The number of amides is 2. The monoisotopic (exact) mass is 353 g/mol. The topological polar surface area (TPSA) is 84.2 Å². The van der Waals surface area contributed by atoms with E-state index in [9.17, 15) is 22.8 Å². The van der Waals surface area contributed by atoms with Crippen LogP contribution in [-0.4, -0.2) is 17.9 Å². The quantitative estimate of drug-likeness (QED) is 0.760. The average Bonchev–Trinajstić information content (AvgIpc) is 2.39. The normalized spacial score (nSPS) is 12.1. The van der Waals surface area contributed by atoms with Crippen LogP contribution in [-0.2, 0) is 15.8 Å². The predicted molar refractivity (Wildman–Crippen MR) is 84.5 cm³/mol. The van der Waals surface area contributed by atoms with Gasteiger partial charge in [0.05, 0.1) is 23.0 Å². The zero-order valence-corrected chi connectivity index (χ0v) is 13.5.